The van der Waals surface area contributed by atoms with Gasteiger partial charge >= 0.3 is 5.69 Å². The molecule has 0 radical (unpaired) electrons. The smallest absolute Gasteiger partial charge is 0.314 e. The highest BCUT2D eigenvalue weighted by molar-refractivity contribution is 5.95. The normalized spacial score (nSPS) is 16.7. The number of nitrogens with two attached hydrogens (primary N) is 1. The SMILES string of the molecule is CC1(CCCc2nc3ccccc3c(N)c2[N+](=O)[O-])OCCO1. The first kappa shape index (κ1) is 15.6. The van der Waals surface area contributed by atoms with Gasteiger partial charge in [-0.2, -0.15) is 0 Å². The summed E-state index contributed by atoms with van der Waals surface area (Å²) in [5.74, 6) is -0.600. The number of rotatable bonds is 5. The number of ether oxygens (including phenoxy) is 2. The van der Waals surface area contributed by atoms with E-state index in [1.807, 2.05) is 19.1 Å². The Morgan fingerprint density at radius 2 is 2.04 bits per heavy atom. The van der Waals surface area contributed by atoms with Crippen LogP contribution in [0.2, 0.25) is 0 Å². The lowest BCUT2D eigenvalue weighted by Gasteiger charge is -2.21. The second-order valence-electron chi connectivity index (χ2n) is 5.78. The lowest BCUT2D eigenvalue weighted by atomic mass is 10.0. The van der Waals surface area contributed by atoms with Gasteiger partial charge in [0.25, 0.3) is 0 Å². The van der Waals surface area contributed by atoms with Crippen molar-refractivity contribution < 1.29 is 14.4 Å². The molecule has 0 unspecified atom stereocenters. The molecule has 7 heteroatoms. The van der Waals surface area contributed by atoms with Crippen molar-refractivity contribution >= 4 is 22.3 Å². The maximum absolute atomic E-state index is 11.4. The Balaban J connectivity index is 1.86. The predicted molar refractivity (Wildman–Crippen MR) is 86.1 cm³/mol. The number of para-hydroxylation sites is 1. The standard InChI is InChI=1S/C16H19N3O4/c1-16(22-9-10-23-16)8-4-7-13-15(19(20)21)14(17)11-5-2-3-6-12(11)18-13/h2-3,5-6H,4,7-10H2,1H3,(H2,17,18). The second kappa shape index (κ2) is 6.10. The number of nitrogen functional groups attached to an aromatic ring is 1. The van der Waals surface area contributed by atoms with Gasteiger partial charge in [-0.05, 0) is 25.8 Å². The Kier molecular flexibility index (Phi) is 4.14. The zero-order valence-corrected chi connectivity index (χ0v) is 12.9. The van der Waals surface area contributed by atoms with Gasteiger partial charge in [-0.1, -0.05) is 18.2 Å². The molecule has 1 aromatic heterocycles. The third-order valence-corrected chi connectivity index (χ3v) is 4.10. The van der Waals surface area contributed by atoms with E-state index >= 15 is 0 Å². The minimum atomic E-state index is -0.600. The molecular weight excluding hydrogens is 298 g/mol. The van der Waals surface area contributed by atoms with E-state index in [9.17, 15) is 10.1 Å². The number of aryl methyl sites for hydroxylation is 1. The zero-order valence-electron chi connectivity index (χ0n) is 12.9. The van der Waals surface area contributed by atoms with E-state index in [2.05, 4.69) is 4.98 Å². The van der Waals surface area contributed by atoms with Crippen molar-refractivity contribution in [3.8, 4) is 0 Å². The Labute approximate surface area is 133 Å². The molecule has 1 aliphatic heterocycles. The average molecular weight is 317 g/mol. The van der Waals surface area contributed by atoms with Gasteiger partial charge in [0.05, 0.1) is 23.7 Å². The first-order valence-corrected chi connectivity index (χ1v) is 7.59. The first-order chi connectivity index (χ1) is 11.0. The van der Waals surface area contributed by atoms with Crippen LogP contribution in [-0.4, -0.2) is 28.9 Å². The van der Waals surface area contributed by atoms with Crippen LogP contribution >= 0.6 is 0 Å². The van der Waals surface area contributed by atoms with Crippen molar-refractivity contribution in [1.29, 1.82) is 0 Å². The maximum Gasteiger partial charge on any atom is 0.314 e. The molecule has 0 spiro atoms. The van der Waals surface area contributed by atoms with Gasteiger partial charge < -0.3 is 15.2 Å². The van der Waals surface area contributed by atoms with E-state index in [1.165, 1.54) is 0 Å². The highest BCUT2D eigenvalue weighted by Gasteiger charge is 2.31. The fourth-order valence-electron chi connectivity index (χ4n) is 2.94. The minimum absolute atomic E-state index is 0.0953. The van der Waals surface area contributed by atoms with Gasteiger partial charge in [0.1, 0.15) is 11.4 Å². The number of hydrogen-bond acceptors (Lipinski definition) is 6. The van der Waals surface area contributed by atoms with Crippen molar-refractivity contribution in [2.24, 2.45) is 0 Å². The maximum atomic E-state index is 11.4. The topological polar surface area (TPSA) is 101 Å². The Hall–Kier alpha value is -2.25. The Morgan fingerprint density at radius 1 is 1.35 bits per heavy atom. The van der Waals surface area contributed by atoms with E-state index < -0.39 is 10.7 Å². The molecule has 0 aliphatic carbocycles. The monoisotopic (exact) mass is 317 g/mol. The molecule has 0 amide bonds. The van der Waals surface area contributed by atoms with Gasteiger partial charge in [-0.15, -0.1) is 0 Å². The molecule has 23 heavy (non-hydrogen) atoms. The van der Waals surface area contributed by atoms with Gasteiger partial charge in [-0.3, -0.25) is 10.1 Å². The first-order valence-electron chi connectivity index (χ1n) is 7.59. The number of aromatic nitrogens is 1. The van der Waals surface area contributed by atoms with Crippen LogP contribution in [0.1, 0.15) is 25.5 Å². The van der Waals surface area contributed by atoms with E-state index in [-0.39, 0.29) is 11.4 Å². The number of hydrogen-bond donors (Lipinski definition) is 1. The minimum Gasteiger partial charge on any atom is -0.393 e. The number of nitrogens with zero attached hydrogens (tertiary/aromatic N) is 2. The van der Waals surface area contributed by atoms with Crippen LogP contribution in [0.25, 0.3) is 10.9 Å². The molecule has 7 nitrogen and oxygen atoms in total. The van der Waals surface area contributed by atoms with Crippen LogP contribution in [0.3, 0.4) is 0 Å². The number of benzene rings is 1. The molecule has 122 valence electrons. The summed E-state index contributed by atoms with van der Waals surface area (Å²) in [5, 5.41) is 12.0. The van der Waals surface area contributed by atoms with Gasteiger partial charge in [-0.25, -0.2) is 4.98 Å². The molecule has 3 rings (SSSR count). The van der Waals surface area contributed by atoms with E-state index in [0.29, 0.717) is 49.1 Å². The summed E-state index contributed by atoms with van der Waals surface area (Å²) < 4.78 is 11.1. The number of anilines is 1. The molecule has 0 saturated carbocycles. The lowest BCUT2D eigenvalue weighted by molar-refractivity contribution is -0.384. The third-order valence-electron chi connectivity index (χ3n) is 4.10. The molecular formula is C16H19N3O4. The number of fused-ring (bicyclic) bond motifs is 1. The fraction of sp³-hybridized carbons (Fsp3) is 0.438. The summed E-state index contributed by atoms with van der Waals surface area (Å²) >= 11 is 0. The van der Waals surface area contributed by atoms with Crippen LogP contribution in [0.15, 0.2) is 24.3 Å². The molecule has 2 heterocycles. The highest BCUT2D eigenvalue weighted by Crippen LogP contribution is 2.33. The molecule has 0 bridgehead atoms. The summed E-state index contributed by atoms with van der Waals surface area (Å²) in [6, 6.07) is 7.18. The van der Waals surface area contributed by atoms with Crippen LogP contribution in [0.4, 0.5) is 11.4 Å². The molecule has 0 atom stereocenters. The lowest BCUT2D eigenvalue weighted by Crippen LogP contribution is -2.25. The quantitative estimate of drug-likeness (QED) is 0.672. The van der Waals surface area contributed by atoms with Crippen molar-refractivity contribution in [1.82, 2.24) is 4.98 Å². The largest absolute Gasteiger partial charge is 0.393 e. The number of nitro groups is 1. The van der Waals surface area contributed by atoms with Crippen LogP contribution in [0, 0.1) is 10.1 Å². The van der Waals surface area contributed by atoms with E-state index in [4.69, 9.17) is 15.2 Å². The summed E-state index contributed by atoms with van der Waals surface area (Å²) in [4.78, 5) is 15.4. The van der Waals surface area contributed by atoms with Crippen LogP contribution in [-0.2, 0) is 15.9 Å². The summed E-state index contributed by atoms with van der Waals surface area (Å²) in [7, 11) is 0. The van der Waals surface area contributed by atoms with Crippen molar-refractivity contribution in [3.05, 3.63) is 40.1 Å². The van der Waals surface area contributed by atoms with Crippen LogP contribution in [0.5, 0.6) is 0 Å². The van der Waals surface area contributed by atoms with Crippen LogP contribution < -0.4 is 5.73 Å². The fourth-order valence-corrected chi connectivity index (χ4v) is 2.94. The zero-order chi connectivity index (χ0) is 16.4. The molecule has 2 aromatic rings. The molecule has 1 fully saturated rings. The third kappa shape index (κ3) is 3.11. The predicted octanol–water partition coefficient (Wildman–Crippen LogP) is 2.81. The highest BCUT2D eigenvalue weighted by atomic mass is 16.7. The number of pyridine rings is 1. The second-order valence-corrected chi connectivity index (χ2v) is 5.78. The van der Waals surface area contributed by atoms with E-state index in [1.54, 1.807) is 12.1 Å². The van der Waals surface area contributed by atoms with Crippen molar-refractivity contribution in [2.45, 2.75) is 32.0 Å². The molecule has 2 N–H and O–H groups in total. The van der Waals surface area contributed by atoms with Crippen molar-refractivity contribution in [3.63, 3.8) is 0 Å². The van der Waals surface area contributed by atoms with Gasteiger partial charge in [0.2, 0.25) is 0 Å². The van der Waals surface area contributed by atoms with Gasteiger partial charge in [0.15, 0.2) is 5.79 Å². The van der Waals surface area contributed by atoms with E-state index in [0.717, 1.165) is 0 Å². The van der Waals surface area contributed by atoms with Crippen molar-refractivity contribution in [2.75, 3.05) is 18.9 Å². The molecule has 1 aromatic carbocycles. The Bertz CT molecular complexity index is 741. The molecule has 1 saturated heterocycles. The summed E-state index contributed by atoms with van der Waals surface area (Å²) in [6.07, 6.45) is 1.77. The Morgan fingerprint density at radius 3 is 2.74 bits per heavy atom. The summed E-state index contributed by atoms with van der Waals surface area (Å²) in [6.45, 7) is 3.05. The van der Waals surface area contributed by atoms with Gasteiger partial charge in [0, 0.05) is 11.8 Å². The molecule has 1 aliphatic rings. The average Bonchev–Trinajstić information content (AvgIpc) is 2.94. The summed E-state index contributed by atoms with van der Waals surface area (Å²) in [5.41, 5.74) is 7.17.